The zero-order valence-corrected chi connectivity index (χ0v) is 17.8. The van der Waals surface area contributed by atoms with Crippen molar-refractivity contribution in [3.63, 3.8) is 0 Å². The fraction of sp³-hybridized carbons (Fsp3) is 0.600. The van der Waals surface area contributed by atoms with E-state index in [0.29, 0.717) is 37.6 Å². The van der Waals surface area contributed by atoms with Crippen LogP contribution >= 0.6 is 0 Å². The number of quaternary nitrogens is 1. The number of carbonyl (C=O) groups is 2. The number of fused-ring (bicyclic) bond motifs is 1. The van der Waals surface area contributed by atoms with Crippen molar-refractivity contribution >= 4 is 21.8 Å². The average molecular weight is 424 g/mol. The second kappa shape index (κ2) is 9.69. The Morgan fingerprint density at radius 3 is 2.52 bits per heavy atom. The molecule has 1 fully saturated rings. The van der Waals surface area contributed by atoms with Crippen LogP contribution in [-0.4, -0.2) is 70.4 Å². The van der Waals surface area contributed by atoms with Crippen LogP contribution in [0.3, 0.4) is 0 Å². The number of aryl methyl sites for hydroxylation is 2. The molecule has 0 aromatic heterocycles. The van der Waals surface area contributed by atoms with Crippen molar-refractivity contribution in [2.45, 2.75) is 37.5 Å². The van der Waals surface area contributed by atoms with Crippen LogP contribution in [-0.2, 0) is 32.5 Å². The molecule has 9 heteroatoms. The largest absolute Gasteiger partial charge is 0.355 e. The van der Waals surface area contributed by atoms with Crippen LogP contribution < -0.4 is 15.5 Å². The molecule has 1 aromatic carbocycles. The Kier molecular flexibility index (Phi) is 7.26. The third-order valence-corrected chi connectivity index (χ3v) is 7.46. The van der Waals surface area contributed by atoms with Crippen LogP contribution in [0.15, 0.2) is 23.1 Å². The van der Waals surface area contributed by atoms with Gasteiger partial charge in [0.25, 0.3) is 5.91 Å². The third-order valence-electron chi connectivity index (χ3n) is 5.57. The van der Waals surface area contributed by atoms with Gasteiger partial charge in [0.05, 0.1) is 37.6 Å². The quantitative estimate of drug-likeness (QED) is 0.484. The molecule has 8 nitrogen and oxygen atoms in total. The standard InChI is InChI=1S/C20H30N4O4S/c1-2-8-21-19(25)14-22-20(26)15-23-9-11-24(12-10-23)29(27,28)18-7-6-16-4-3-5-17(16)13-18/h6-7,13H,2-5,8-12,14-15H2,1H3,(H,21,25)(H,22,26)/p+1. The Balaban J connectivity index is 1.47. The molecule has 1 aliphatic heterocycles. The fourth-order valence-corrected chi connectivity index (χ4v) is 5.37. The molecule has 0 atom stereocenters. The van der Waals surface area contributed by atoms with Crippen LogP contribution in [0.4, 0.5) is 0 Å². The number of nitrogens with zero attached hydrogens (tertiary/aromatic N) is 1. The lowest BCUT2D eigenvalue weighted by Gasteiger charge is -2.31. The Bertz CT molecular complexity index is 848. The normalized spacial score (nSPS) is 17.7. The van der Waals surface area contributed by atoms with Gasteiger partial charge in [0, 0.05) is 6.54 Å². The van der Waals surface area contributed by atoms with Crippen LogP contribution in [0.2, 0.25) is 0 Å². The summed E-state index contributed by atoms with van der Waals surface area (Å²) >= 11 is 0. The molecule has 2 aliphatic rings. The van der Waals surface area contributed by atoms with E-state index in [1.807, 2.05) is 19.1 Å². The summed E-state index contributed by atoms with van der Waals surface area (Å²) in [6.45, 7) is 4.70. The number of sulfonamides is 1. The van der Waals surface area contributed by atoms with Gasteiger partial charge in [0.2, 0.25) is 15.9 Å². The van der Waals surface area contributed by atoms with Gasteiger partial charge in [-0.15, -0.1) is 0 Å². The molecule has 0 saturated carbocycles. The maximum Gasteiger partial charge on any atom is 0.275 e. The average Bonchev–Trinajstić information content (AvgIpc) is 3.19. The SMILES string of the molecule is CCCNC(=O)CNC(=O)C[NH+]1CCN(S(=O)(=O)c2ccc3c(c2)CCC3)CC1. The van der Waals surface area contributed by atoms with Crippen molar-refractivity contribution in [3.8, 4) is 0 Å². The molecule has 29 heavy (non-hydrogen) atoms. The summed E-state index contributed by atoms with van der Waals surface area (Å²) in [5, 5.41) is 5.34. The summed E-state index contributed by atoms with van der Waals surface area (Å²) in [6.07, 6.45) is 3.91. The minimum absolute atomic E-state index is 0.0229. The van der Waals surface area contributed by atoms with Gasteiger partial charge in [-0.3, -0.25) is 9.59 Å². The lowest BCUT2D eigenvalue weighted by molar-refractivity contribution is -0.895. The van der Waals surface area contributed by atoms with Crippen molar-refractivity contribution in [3.05, 3.63) is 29.3 Å². The number of hydrogen-bond donors (Lipinski definition) is 3. The van der Waals surface area contributed by atoms with E-state index in [4.69, 9.17) is 0 Å². The van der Waals surface area contributed by atoms with Gasteiger partial charge in [-0.1, -0.05) is 13.0 Å². The molecule has 3 N–H and O–H groups in total. The summed E-state index contributed by atoms with van der Waals surface area (Å²) in [7, 11) is -3.50. The zero-order chi connectivity index (χ0) is 20.9. The molecule has 0 bridgehead atoms. The number of rotatable bonds is 8. The van der Waals surface area contributed by atoms with E-state index in [1.165, 1.54) is 9.87 Å². The first-order valence-corrected chi connectivity index (χ1v) is 11.8. The summed E-state index contributed by atoms with van der Waals surface area (Å²) < 4.78 is 27.5. The molecule has 1 saturated heterocycles. The molecule has 0 unspecified atom stereocenters. The predicted octanol–water partition coefficient (Wildman–Crippen LogP) is -1.29. The van der Waals surface area contributed by atoms with Crippen molar-refractivity contribution < 1.29 is 22.9 Å². The van der Waals surface area contributed by atoms with Crippen LogP contribution in [0.1, 0.15) is 30.9 Å². The fourth-order valence-electron chi connectivity index (χ4n) is 3.87. The number of carbonyl (C=O) groups excluding carboxylic acids is 2. The first-order chi connectivity index (χ1) is 13.9. The minimum atomic E-state index is -3.50. The highest BCUT2D eigenvalue weighted by molar-refractivity contribution is 7.89. The van der Waals surface area contributed by atoms with E-state index >= 15 is 0 Å². The first-order valence-electron chi connectivity index (χ1n) is 10.4. The molecule has 160 valence electrons. The van der Waals surface area contributed by atoms with E-state index in [-0.39, 0.29) is 24.9 Å². The van der Waals surface area contributed by atoms with Crippen LogP contribution in [0.5, 0.6) is 0 Å². The van der Waals surface area contributed by atoms with E-state index in [1.54, 1.807) is 6.07 Å². The maximum absolute atomic E-state index is 13.0. The number of amides is 2. The molecule has 3 rings (SSSR count). The summed E-state index contributed by atoms with van der Waals surface area (Å²) in [5.74, 6) is -0.387. The van der Waals surface area contributed by atoms with Gasteiger partial charge in [0.1, 0.15) is 0 Å². The van der Waals surface area contributed by atoms with Gasteiger partial charge in [0.15, 0.2) is 6.54 Å². The predicted molar refractivity (Wildman–Crippen MR) is 109 cm³/mol. The van der Waals surface area contributed by atoms with E-state index in [9.17, 15) is 18.0 Å². The number of hydrogen-bond acceptors (Lipinski definition) is 4. The van der Waals surface area contributed by atoms with Crippen molar-refractivity contribution in [1.29, 1.82) is 0 Å². The van der Waals surface area contributed by atoms with Crippen LogP contribution in [0, 0.1) is 0 Å². The van der Waals surface area contributed by atoms with E-state index in [0.717, 1.165) is 36.1 Å². The lowest BCUT2D eigenvalue weighted by Crippen LogP contribution is -3.15. The smallest absolute Gasteiger partial charge is 0.275 e. The van der Waals surface area contributed by atoms with Crippen LogP contribution in [0.25, 0.3) is 0 Å². The Hall–Kier alpha value is -1.97. The maximum atomic E-state index is 13.0. The highest BCUT2D eigenvalue weighted by Gasteiger charge is 2.31. The van der Waals surface area contributed by atoms with Gasteiger partial charge >= 0.3 is 0 Å². The number of nitrogens with one attached hydrogen (secondary N) is 3. The zero-order valence-electron chi connectivity index (χ0n) is 17.0. The van der Waals surface area contributed by atoms with Crippen molar-refractivity contribution in [1.82, 2.24) is 14.9 Å². The van der Waals surface area contributed by atoms with Gasteiger partial charge < -0.3 is 15.5 Å². The molecule has 0 radical (unpaired) electrons. The highest BCUT2D eigenvalue weighted by Crippen LogP contribution is 2.26. The van der Waals surface area contributed by atoms with Crippen molar-refractivity contribution in [2.24, 2.45) is 0 Å². The minimum Gasteiger partial charge on any atom is -0.355 e. The lowest BCUT2D eigenvalue weighted by atomic mass is 10.1. The topological polar surface area (TPSA) is 100 Å². The van der Waals surface area contributed by atoms with Gasteiger partial charge in [-0.05, 0) is 48.9 Å². The van der Waals surface area contributed by atoms with E-state index < -0.39 is 10.0 Å². The molecular formula is C20H31N4O4S+. The first kappa shape index (κ1) is 21.7. The summed E-state index contributed by atoms with van der Waals surface area (Å²) in [6, 6.07) is 5.49. The van der Waals surface area contributed by atoms with E-state index in [2.05, 4.69) is 10.6 Å². The highest BCUT2D eigenvalue weighted by atomic mass is 32.2. The second-order valence-corrected chi connectivity index (χ2v) is 9.68. The summed E-state index contributed by atoms with van der Waals surface area (Å²) in [4.78, 5) is 25.0. The Morgan fingerprint density at radius 2 is 1.79 bits per heavy atom. The number of benzene rings is 1. The third kappa shape index (κ3) is 5.55. The Morgan fingerprint density at radius 1 is 1.07 bits per heavy atom. The number of piperazine rings is 1. The molecular weight excluding hydrogens is 392 g/mol. The Labute approximate surface area is 172 Å². The molecule has 1 aliphatic carbocycles. The molecule has 2 amide bonds. The van der Waals surface area contributed by atoms with Gasteiger partial charge in [-0.25, -0.2) is 8.42 Å². The summed E-state index contributed by atoms with van der Waals surface area (Å²) in [5.41, 5.74) is 2.41. The van der Waals surface area contributed by atoms with Crippen molar-refractivity contribution in [2.75, 3.05) is 45.8 Å². The molecule has 0 spiro atoms. The molecule has 1 aromatic rings. The second-order valence-electron chi connectivity index (χ2n) is 7.74. The van der Waals surface area contributed by atoms with Gasteiger partial charge in [-0.2, -0.15) is 4.31 Å². The monoisotopic (exact) mass is 423 g/mol. The molecule has 1 heterocycles.